The van der Waals surface area contributed by atoms with Gasteiger partial charge in [0.15, 0.2) is 0 Å². The van der Waals surface area contributed by atoms with E-state index in [-0.39, 0.29) is 5.91 Å². The summed E-state index contributed by atoms with van der Waals surface area (Å²) in [5, 5.41) is 6.29. The maximum absolute atomic E-state index is 12.8. The molecule has 0 atom stereocenters. The number of anilines is 4. The molecule has 0 radical (unpaired) electrons. The smallest absolute Gasteiger partial charge is 0.259 e. The highest BCUT2D eigenvalue weighted by Gasteiger charge is 2.19. The van der Waals surface area contributed by atoms with Crippen LogP contribution in [0.4, 0.5) is 22.9 Å². The molecule has 6 heteroatoms. The van der Waals surface area contributed by atoms with Gasteiger partial charge < -0.3 is 20.3 Å². The molecule has 0 aliphatic carbocycles. The second-order valence-corrected chi connectivity index (χ2v) is 6.50. The van der Waals surface area contributed by atoms with E-state index in [9.17, 15) is 4.79 Å². The molecule has 1 fully saturated rings. The maximum Gasteiger partial charge on any atom is 0.259 e. The molecule has 28 heavy (non-hydrogen) atoms. The van der Waals surface area contributed by atoms with Gasteiger partial charge in [0.2, 0.25) is 0 Å². The zero-order valence-electron chi connectivity index (χ0n) is 15.5. The van der Waals surface area contributed by atoms with E-state index >= 15 is 0 Å². The van der Waals surface area contributed by atoms with Gasteiger partial charge in [-0.3, -0.25) is 4.79 Å². The van der Waals surface area contributed by atoms with Crippen molar-refractivity contribution < 1.29 is 9.53 Å². The average Bonchev–Trinajstić information content (AvgIpc) is 2.76. The van der Waals surface area contributed by atoms with Crippen molar-refractivity contribution in [2.45, 2.75) is 0 Å². The molecule has 4 rings (SSSR count). The van der Waals surface area contributed by atoms with Gasteiger partial charge >= 0.3 is 0 Å². The van der Waals surface area contributed by atoms with Gasteiger partial charge in [0, 0.05) is 36.3 Å². The SMILES string of the molecule is O=C(Nc1ccc(Nc2ccccc2)cc1)c1cccnc1N1CCOCC1. The van der Waals surface area contributed by atoms with Crippen molar-refractivity contribution >= 4 is 28.8 Å². The normalized spacial score (nSPS) is 13.8. The number of benzene rings is 2. The van der Waals surface area contributed by atoms with Crippen molar-refractivity contribution in [3.63, 3.8) is 0 Å². The van der Waals surface area contributed by atoms with E-state index in [1.54, 1.807) is 18.3 Å². The van der Waals surface area contributed by atoms with Crippen LogP contribution in [0.25, 0.3) is 0 Å². The number of para-hydroxylation sites is 1. The molecule has 2 aromatic carbocycles. The zero-order chi connectivity index (χ0) is 19.2. The summed E-state index contributed by atoms with van der Waals surface area (Å²) in [5.41, 5.74) is 3.28. The third-order valence-electron chi connectivity index (χ3n) is 4.55. The summed E-state index contributed by atoms with van der Waals surface area (Å²) < 4.78 is 5.40. The topological polar surface area (TPSA) is 66.5 Å². The van der Waals surface area contributed by atoms with E-state index in [2.05, 4.69) is 20.5 Å². The molecule has 2 heterocycles. The first-order chi connectivity index (χ1) is 13.8. The van der Waals surface area contributed by atoms with E-state index in [0.29, 0.717) is 24.6 Å². The van der Waals surface area contributed by atoms with E-state index in [1.165, 1.54) is 0 Å². The van der Waals surface area contributed by atoms with Gasteiger partial charge in [-0.2, -0.15) is 0 Å². The molecule has 1 aliphatic rings. The van der Waals surface area contributed by atoms with Crippen molar-refractivity contribution in [3.8, 4) is 0 Å². The molecule has 2 N–H and O–H groups in total. The molecule has 1 saturated heterocycles. The maximum atomic E-state index is 12.8. The number of nitrogens with one attached hydrogen (secondary N) is 2. The Morgan fingerprint density at radius 1 is 0.857 bits per heavy atom. The van der Waals surface area contributed by atoms with Crippen molar-refractivity contribution in [1.29, 1.82) is 0 Å². The van der Waals surface area contributed by atoms with Gasteiger partial charge in [-0.1, -0.05) is 18.2 Å². The van der Waals surface area contributed by atoms with Crippen LogP contribution < -0.4 is 15.5 Å². The first-order valence-corrected chi connectivity index (χ1v) is 9.31. The minimum Gasteiger partial charge on any atom is -0.378 e. The van der Waals surface area contributed by atoms with Gasteiger partial charge in [0.1, 0.15) is 5.82 Å². The summed E-state index contributed by atoms with van der Waals surface area (Å²) in [6.45, 7) is 2.76. The van der Waals surface area contributed by atoms with Crippen molar-refractivity contribution in [1.82, 2.24) is 4.98 Å². The number of amides is 1. The number of ether oxygens (including phenoxy) is 1. The van der Waals surface area contributed by atoms with Crippen LogP contribution in [0.3, 0.4) is 0 Å². The summed E-state index contributed by atoms with van der Waals surface area (Å²) in [6, 6.07) is 21.2. The highest BCUT2D eigenvalue weighted by Crippen LogP contribution is 2.22. The fraction of sp³-hybridized carbons (Fsp3) is 0.182. The quantitative estimate of drug-likeness (QED) is 0.709. The van der Waals surface area contributed by atoms with E-state index < -0.39 is 0 Å². The predicted molar refractivity (Wildman–Crippen MR) is 111 cm³/mol. The number of pyridine rings is 1. The Labute approximate surface area is 164 Å². The molecular weight excluding hydrogens is 352 g/mol. The van der Waals surface area contributed by atoms with Gasteiger partial charge in [-0.25, -0.2) is 4.98 Å². The molecule has 142 valence electrons. The second kappa shape index (κ2) is 8.54. The number of carbonyl (C=O) groups excluding carboxylic acids is 1. The number of hydrogen-bond donors (Lipinski definition) is 2. The monoisotopic (exact) mass is 374 g/mol. The molecule has 0 spiro atoms. The van der Waals surface area contributed by atoms with Crippen LogP contribution in [-0.2, 0) is 4.74 Å². The standard InChI is InChI=1S/C22H22N4O2/c27-22(20-7-4-12-23-21(20)26-13-15-28-16-14-26)25-19-10-8-18(9-11-19)24-17-5-2-1-3-6-17/h1-12,24H,13-16H2,(H,25,27). The number of morpholine rings is 1. The largest absolute Gasteiger partial charge is 0.378 e. The Balaban J connectivity index is 1.45. The second-order valence-electron chi connectivity index (χ2n) is 6.50. The van der Waals surface area contributed by atoms with E-state index in [1.807, 2.05) is 54.6 Å². The van der Waals surface area contributed by atoms with Crippen LogP contribution in [0.2, 0.25) is 0 Å². The molecule has 3 aromatic rings. The third kappa shape index (κ3) is 4.29. The minimum absolute atomic E-state index is 0.168. The van der Waals surface area contributed by atoms with Crippen LogP contribution in [0, 0.1) is 0 Å². The Morgan fingerprint density at radius 2 is 1.54 bits per heavy atom. The summed E-state index contributed by atoms with van der Waals surface area (Å²) in [5.74, 6) is 0.532. The van der Waals surface area contributed by atoms with Gasteiger partial charge in [-0.05, 0) is 48.5 Å². The minimum atomic E-state index is -0.168. The molecule has 1 aliphatic heterocycles. The molecule has 0 saturated carbocycles. The predicted octanol–water partition coefficient (Wildman–Crippen LogP) is 3.91. The number of hydrogen-bond acceptors (Lipinski definition) is 5. The molecular formula is C22H22N4O2. The fourth-order valence-corrected chi connectivity index (χ4v) is 3.12. The molecule has 6 nitrogen and oxygen atoms in total. The number of rotatable bonds is 5. The van der Waals surface area contributed by atoms with Crippen molar-refractivity contribution in [3.05, 3.63) is 78.5 Å². The highest BCUT2D eigenvalue weighted by molar-refractivity contribution is 6.07. The lowest BCUT2D eigenvalue weighted by Gasteiger charge is -2.29. The van der Waals surface area contributed by atoms with Gasteiger partial charge in [0.25, 0.3) is 5.91 Å². The lowest BCUT2D eigenvalue weighted by atomic mass is 10.2. The molecule has 0 bridgehead atoms. The summed E-state index contributed by atoms with van der Waals surface area (Å²) in [6.07, 6.45) is 1.71. The molecule has 1 aromatic heterocycles. The van der Waals surface area contributed by atoms with Gasteiger partial charge in [0.05, 0.1) is 18.8 Å². The number of aromatic nitrogens is 1. The van der Waals surface area contributed by atoms with E-state index in [0.717, 1.165) is 30.2 Å². The van der Waals surface area contributed by atoms with Crippen LogP contribution in [-0.4, -0.2) is 37.2 Å². The van der Waals surface area contributed by atoms with Gasteiger partial charge in [-0.15, -0.1) is 0 Å². The lowest BCUT2D eigenvalue weighted by Crippen LogP contribution is -2.38. The molecule has 1 amide bonds. The number of carbonyl (C=O) groups is 1. The van der Waals surface area contributed by atoms with Crippen LogP contribution in [0.5, 0.6) is 0 Å². The highest BCUT2D eigenvalue weighted by atomic mass is 16.5. The third-order valence-corrected chi connectivity index (χ3v) is 4.55. The van der Waals surface area contributed by atoms with E-state index in [4.69, 9.17) is 4.74 Å². The lowest BCUT2D eigenvalue weighted by molar-refractivity contribution is 0.102. The summed E-state index contributed by atoms with van der Waals surface area (Å²) in [7, 11) is 0. The van der Waals surface area contributed by atoms with Crippen LogP contribution in [0.1, 0.15) is 10.4 Å². The van der Waals surface area contributed by atoms with Crippen molar-refractivity contribution in [2.75, 3.05) is 41.8 Å². The number of nitrogens with zero attached hydrogens (tertiary/aromatic N) is 2. The fourth-order valence-electron chi connectivity index (χ4n) is 3.12. The Morgan fingerprint density at radius 3 is 2.29 bits per heavy atom. The Bertz CT molecular complexity index is 923. The first kappa shape index (κ1) is 18.0. The van der Waals surface area contributed by atoms with Crippen LogP contribution in [0.15, 0.2) is 72.9 Å². The Hall–Kier alpha value is -3.38. The summed E-state index contributed by atoms with van der Waals surface area (Å²) >= 11 is 0. The first-order valence-electron chi connectivity index (χ1n) is 9.31. The molecule has 0 unspecified atom stereocenters. The summed E-state index contributed by atoms with van der Waals surface area (Å²) in [4.78, 5) is 19.3. The Kier molecular flexibility index (Phi) is 5.49. The van der Waals surface area contributed by atoms with Crippen molar-refractivity contribution in [2.24, 2.45) is 0 Å². The van der Waals surface area contributed by atoms with Crippen LogP contribution >= 0.6 is 0 Å². The average molecular weight is 374 g/mol. The zero-order valence-corrected chi connectivity index (χ0v) is 15.5.